The van der Waals surface area contributed by atoms with Gasteiger partial charge in [0.1, 0.15) is 0 Å². The van der Waals surface area contributed by atoms with Crippen LogP contribution >= 0.6 is 0 Å². The number of hydrogen-bond donors (Lipinski definition) is 1. The molecule has 0 saturated heterocycles. The van der Waals surface area contributed by atoms with Crippen molar-refractivity contribution < 1.29 is 23.9 Å². The van der Waals surface area contributed by atoms with Crippen LogP contribution in [0.1, 0.15) is 45.6 Å². The van der Waals surface area contributed by atoms with Gasteiger partial charge < -0.3 is 14.8 Å². The highest BCUT2D eigenvalue weighted by Gasteiger charge is 2.11. The highest BCUT2D eigenvalue weighted by atomic mass is 16.6. The second-order valence-electron chi connectivity index (χ2n) is 4.85. The molecule has 0 aliphatic rings. The van der Waals surface area contributed by atoms with Gasteiger partial charge in [-0.1, -0.05) is 19.4 Å². The van der Waals surface area contributed by atoms with E-state index in [0.717, 1.165) is 18.4 Å². The number of unbranched alkanes of at least 4 members (excludes halogenated alkanes) is 1. The van der Waals surface area contributed by atoms with E-state index in [1.165, 1.54) is 19.9 Å². The van der Waals surface area contributed by atoms with Gasteiger partial charge in [-0.05, 0) is 24.1 Å². The standard InChI is InChI=1S/C16H21NO5/c1-4-5-6-16(20)17-10-13-7-8-14(21-11(2)18)15(9-13)22-12(3)19/h7-9H,4-6,10H2,1-3H3,(H,17,20). The molecule has 0 aliphatic carbocycles. The van der Waals surface area contributed by atoms with Gasteiger partial charge in [0.25, 0.3) is 0 Å². The van der Waals surface area contributed by atoms with Gasteiger partial charge >= 0.3 is 11.9 Å². The molecule has 0 unspecified atom stereocenters. The quantitative estimate of drug-likeness (QED) is 0.617. The normalized spacial score (nSPS) is 9.95. The zero-order valence-corrected chi connectivity index (χ0v) is 13.1. The van der Waals surface area contributed by atoms with Crippen molar-refractivity contribution in [1.82, 2.24) is 5.32 Å². The third-order valence-corrected chi connectivity index (χ3v) is 2.76. The van der Waals surface area contributed by atoms with Gasteiger partial charge in [0.15, 0.2) is 11.5 Å². The molecule has 0 aliphatic heterocycles. The van der Waals surface area contributed by atoms with Crippen molar-refractivity contribution in [1.29, 1.82) is 0 Å². The summed E-state index contributed by atoms with van der Waals surface area (Å²) in [5.41, 5.74) is 0.747. The van der Waals surface area contributed by atoms with E-state index in [-0.39, 0.29) is 17.4 Å². The second-order valence-corrected chi connectivity index (χ2v) is 4.85. The maximum Gasteiger partial charge on any atom is 0.308 e. The van der Waals surface area contributed by atoms with Gasteiger partial charge in [-0.2, -0.15) is 0 Å². The minimum atomic E-state index is -0.516. The fourth-order valence-corrected chi connectivity index (χ4v) is 1.76. The molecule has 1 N–H and O–H groups in total. The summed E-state index contributed by atoms with van der Waals surface area (Å²) in [6.07, 6.45) is 2.29. The van der Waals surface area contributed by atoms with E-state index in [0.29, 0.717) is 13.0 Å². The summed E-state index contributed by atoms with van der Waals surface area (Å²) in [7, 11) is 0. The van der Waals surface area contributed by atoms with Crippen LogP contribution in [-0.2, 0) is 20.9 Å². The molecule has 1 rings (SSSR count). The summed E-state index contributed by atoms with van der Waals surface area (Å²) < 4.78 is 10.0. The predicted octanol–water partition coefficient (Wildman–Crippen LogP) is 2.34. The van der Waals surface area contributed by atoms with E-state index in [1.54, 1.807) is 12.1 Å². The largest absolute Gasteiger partial charge is 0.423 e. The first-order valence-corrected chi connectivity index (χ1v) is 7.18. The lowest BCUT2D eigenvalue weighted by Crippen LogP contribution is -2.22. The van der Waals surface area contributed by atoms with E-state index in [2.05, 4.69) is 5.32 Å². The summed E-state index contributed by atoms with van der Waals surface area (Å²) >= 11 is 0. The number of rotatable bonds is 7. The highest BCUT2D eigenvalue weighted by Crippen LogP contribution is 2.28. The van der Waals surface area contributed by atoms with Crippen LogP contribution in [0.25, 0.3) is 0 Å². The van der Waals surface area contributed by atoms with E-state index in [1.807, 2.05) is 6.92 Å². The first-order valence-electron chi connectivity index (χ1n) is 7.18. The third kappa shape index (κ3) is 6.39. The van der Waals surface area contributed by atoms with Crippen LogP contribution < -0.4 is 14.8 Å². The van der Waals surface area contributed by atoms with Crippen LogP contribution in [0.4, 0.5) is 0 Å². The molecule has 0 radical (unpaired) electrons. The van der Waals surface area contributed by atoms with E-state index >= 15 is 0 Å². The molecule has 120 valence electrons. The maximum absolute atomic E-state index is 11.6. The molecule has 0 saturated carbocycles. The number of nitrogens with one attached hydrogen (secondary N) is 1. The van der Waals surface area contributed by atoms with Crippen molar-refractivity contribution in [2.45, 2.75) is 46.6 Å². The molecule has 0 heterocycles. The molecule has 1 aromatic rings. The average molecular weight is 307 g/mol. The molecular weight excluding hydrogens is 286 g/mol. The molecular formula is C16H21NO5. The summed E-state index contributed by atoms with van der Waals surface area (Å²) in [6, 6.07) is 4.80. The third-order valence-electron chi connectivity index (χ3n) is 2.76. The molecule has 0 bridgehead atoms. The number of amides is 1. The fraction of sp³-hybridized carbons (Fsp3) is 0.438. The Bertz CT molecular complexity index is 553. The molecule has 1 amide bonds. The van der Waals surface area contributed by atoms with Crippen molar-refractivity contribution in [3.8, 4) is 11.5 Å². The van der Waals surface area contributed by atoms with Crippen molar-refractivity contribution in [3.63, 3.8) is 0 Å². The lowest BCUT2D eigenvalue weighted by Gasteiger charge is -2.11. The minimum Gasteiger partial charge on any atom is -0.423 e. The zero-order chi connectivity index (χ0) is 16.5. The Balaban J connectivity index is 2.77. The lowest BCUT2D eigenvalue weighted by atomic mass is 10.2. The predicted molar refractivity (Wildman–Crippen MR) is 80.4 cm³/mol. The molecule has 0 aromatic heterocycles. The summed E-state index contributed by atoms with van der Waals surface area (Å²) in [6.45, 7) is 4.86. The number of ether oxygens (including phenoxy) is 2. The Labute approximate surface area is 129 Å². The summed E-state index contributed by atoms with van der Waals surface area (Å²) in [4.78, 5) is 33.7. The Morgan fingerprint density at radius 1 is 1.05 bits per heavy atom. The highest BCUT2D eigenvalue weighted by molar-refractivity contribution is 5.76. The van der Waals surface area contributed by atoms with Gasteiger partial charge in [0.2, 0.25) is 5.91 Å². The van der Waals surface area contributed by atoms with Crippen molar-refractivity contribution in [3.05, 3.63) is 23.8 Å². The van der Waals surface area contributed by atoms with Gasteiger partial charge in [0, 0.05) is 26.8 Å². The Morgan fingerprint density at radius 2 is 1.68 bits per heavy atom. The topological polar surface area (TPSA) is 81.7 Å². The first-order chi connectivity index (χ1) is 10.4. The molecule has 0 atom stereocenters. The fourth-order valence-electron chi connectivity index (χ4n) is 1.76. The SMILES string of the molecule is CCCCC(=O)NCc1ccc(OC(C)=O)c(OC(C)=O)c1. The Hall–Kier alpha value is -2.37. The number of benzene rings is 1. The van der Waals surface area contributed by atoms with Crippen molar-refractivity contribution in [2.75, 3.05) is 0 Å². The van der Waals surface area contributed by atoms with Crippen LogP contribution in [0.2, 0.25) is 0 Å². The van der Waals surface area contributed by atoms with Gasteiger partial charge in [-0.15, -0.1) is 0 Å². The Kier molecular flexibility index (Phi) is 7.08. The smallest absolute Gasteiger partial charge is 0.308 e. The molecule has 0 spiro atoms. The number of carbonyl (C=O) groups excluding carboxylic acids is 3. The zero-order valence-electron chi connectivity index (χ0n) is 13.1. The monoisotopic (exact) mass is 307 g/mol. The maximum atomic E-state index is 11.6. The van der Waals surface area contributed by atoms with Crippen LogP contribution in [0, 0.1) is 0 Å². The van der Waals surface area contributed by atoms with E-state index in [4.69, 9.17) is 9.47 Å². The molecule has 0 fully saturated rings. The van der Waals surface area contributed by atoms with Crippen molar-refractivity contribution in [2.24, 2.45) is 0 Å². The van der Waals surface area contributed by atoms with Gasteiger partial charge in [-0.25, -0.2) is 0 Å². The molecule has 6 heteroatoms. The molecule has 1 aromatic carbocycles. The average Bonchev–Trinajstić information content (AvgIpc) is 2.44. The number of esters is 2. The molecule has 6 nitrogen and oxygen atoms in total. The molecule has 22 heavy (non-hydrogen) atoms. The Morgan fingerprint density at radius 3 is 2.27 bits per heavy atom. The van der Waals surface area contributed by atoms with Gasteiger partial charge in [-0.3, -0.25) is 14.4 Å². The van der Waals surface area contributed by atoms with Crippen LogP contribution in [0.15, 0.2) is 18.2 Å². The minimum absolute atomic E-state index is 0.0278. The van der Waals surface area contributed by atoms with E-state index in [9.17, 15) is 14.4 Å². The van der Waals surface area contributed by atoms with Gasteiger partial charge in [0.05, 0.1) is 0 Å². The number of carbonyl (C=O) groups is 3. The van der Waals surface area contributed by atoms with Crippen LogP contribution in [0.5, 0.6) is 11.5 Å². The number of hydrogen-bond acceptors (Lipinski definition) is 5. The second kappa shape index (κ2) is 8.81. The lowest BCUT2D eigenvalue weighted by molar-refractivity contribution is -0.134. The first kappa shape index (κ1) is 17.7. The van der Waals surface area contributed by atoms with E-state index < -0.39 is 11.9 Å². The summed E-state index contributed by atoms with van der Waals surface area (Å²) in [5.74, 6) is -0.724. The summed E-state index contributed by atoms with van der Waals surface area (Å²) in [5, 5.41) is 2.79. The van der Waals surface area contributed by atoms with Crippen LogP contribution in [0.3, 0.4) is 0 Å². The van der Waals surface area contributed by atoms with Crippen LogP contribution in [-0.4, -0.2) is 17.8 Å². The van der Waals surface area contributed by atoms with Crippen molar-refractivity contribution >= 4 is 17.8 Å².